The van der Waals surface area contributed by atoms with E-state index in [2.05, 4.69) is 12.2 Å². The molecule has 0 saturated carbocycles. The Morgan fingerprint density at radius 1 is 1.39 bits per heavy atom. The normalized spacial score (nSPS) is 18.8. The summed E-state index contributed by atoms with van der Waals surface area (Å²) in [5.41, 5.74) is 0.795. The molecule has 1 aromatic rings. The first kappa shape index (κ1) is 13.1. The highest BCUT2D eigenvalue weighted by atomic mass is 16.2. The van der Waals surface area contributed by atoms with Crippen LogP contribution in [0.2, 0.25) is 0 Å². The smallest absolute Gasteiger partial charge is 0.253 e. The first-order valence-electron chi connectivity index (χ1n) is 6.89. The molecule has 3 nitrogen and oxygen atoms in total. The molecule has 1 heterocycles. The average molecular weight is 246 g/mol. The van der Waals surface area contributed by atoms with Gasteiger partial charge in [-0.05, 0) is 37.9 Å². The summed E-state index contributed by atoms with van der Waals surface area (Å²) in [7, 11) is 0. The molecule has 1 unspecified atom stereocenters. The second-order valence-corrected chi connectivity index (χ2v) is 4.91. The van der Waals surface area contributed by atoms with Crippen molar-refractivity contribution in [3.63, 3.8) is 0 Å². The Balaban J connectivity index is 2.02. The minimum Gasteiger partial charge on any atom is -0.337 e. The van der Waals surface area contributed by atoms with Crippen LogP contribution in [-0.2, 0) is 0 Å². The van der Waals surface area contributed by atoms with Gasteiger partial charge in [0.25, 0.3) is 5.91 Å². The Labute approximate surface area is 109 Å². The van der Waals surface area contributed by atoms with Gasteiger partial charge in [-0.25, -0.2) is 0 Å². The van der Waals surface area contributed by atoms with E-state index in [-0.39, 0.29) is 5.91 Å². The zero-order valence-electron chi connectivity index (χ0n) is 11.1. The average Bonchev–Trinajstić information content (AvgIpc) is 2.91. The summed E-state index contributed by atoms with van der Waals surface area (Å²) in [5.74, 6) is 0.158. The van der Waals surface area contributed by atoms with Crippen molar-refractivity contribution in [1.29, 1.82) is 0 Å². The molecule has 1 aromatic carbocycles. The molecular formula is C15H22N2O. The number of benzene rings is 1. The number of nitrogens with zero attached hydrogens (tertiary/aromatic N) is 1. The van der Waals surface area contributed by atoms with Gasteiger partial charge in [0.2, 0.25) is 0 Å². The second kappa shape index (κ2) is 6.55. The number of hydrogen-bond acceptors (Lipinski definition) is 2. The summed E-state index contributed by atoms with van der Waals surface area (Å²) >= 11 is 0. The maximum absolute atomic E-state index is 12.4. The van der Waals surface area contributed by atoms with E-state index in [1.54, 1.807) is 0 Å². The van der Waals surface area contributed by atoms with Gasteiger partial charge >= 0.3 is 0 Å². The Morgan fingerprint density at radius 2 is 2.17 bits per heavy atom. The van der Waals surface area contributed by atoms with Crippen molar-refractivity contribution in [3.05, 3.63) is 35.9 Å². The zero-order chi connectivity index (χ0) is 12.8. The van der Waals surface area contributed by atoms with E-state index in [0.717, 1.165) is 31.6 Å². The fourth-order valence-corrected chi connectivity index (χ4v) is 2.49. The lowest BCUT2D eigenvalue weighted by molar-refractivity contribution is 0.0742. The highest BCUT2D eigenvalue weighted by Gasteiger charge is 2.21. The standard InChI is InChI=1S/C15H22N2O/c1-2-11-17(12-14-9-6-10-16-14)15(18)13-7-4-3-5-8-13/h3-5,7-8,14,16H,2,6,9-12H2,1H3. The highest BCUT2D eigenvalue weighted by Crippen LogP contribution is 2.11. The van der Waals surface area contributed by atoms with Gasteiger partial charge in [-0.1, -0.05) is 25.1 Å². The summed E-state index contributed by atoms with van der Waals surface area (Å²) in [5, 5.41) is 3.46. The summed E-state index contributed by atoms with van der Waals surface area (Å²) in [6.45, 7) is 4.88. The molecule has 2 rings (SSSR count). The molecule has 0 radical (unpaired) electrons. The number of carbonyl (C=O) groups excluding carboxylic acids is 1. The number of nitrogens with one attached hydrogen (secondary N) is 1. The molecule has 1 amide bonds. The largest absolute Gasteiger partial charge is 0.337 e. The summed E-state index contributed by atoms with van der Waals surface area (Å²) < 4.78 is 0. The number of amides is 1. The van der Waals surface area contributed by atoms with E-state index in [1.807, 2.05) is 35.2 Å². The lowest BCUT2D eigenvalue weighted by Gasteiger charge is -2.25. The molecule has 98 valence electrons. The predicted molar refractivity (Wildman–Crippen MR) is 73.7 cm³/mol. The maximum atomic E-state index is 12.4. The van der Waals surface area contributed by atoms with Crippen molar-refractivity contribution < 1.29 is 4.79 Å². The van der Waals surface area contributed by atoms with Gasteiger partial charge < -0.3 is 10.2 Å². The van der Waals surface area contributed by atoms with Crippen LogP contribution in [0.1, 0.15) is 36.5 Å². The van der Waals surface area contributed by atoms with Crippen LogP contribution in [0.25, 0.3) is 0 Å². The number of hydrogen-bond donors (Lipinski definition) is 1. The minimum absolute atomic E-state index is 0.158. The summed E-state index contributed by atoms with van der Waals surface area (Å²) in [4.78, 5) is 14.4. The molecule has 1 atom stereocenters. The van der Waals surface area contributed by atoms with Gasteiger partial charge in [-0.3, -0.25) is 4.79 Å². The van der Waals surface area contributed by atoms with Gasteiger partial charge in [0, 0.05) is 24.7 Å². The first-order valence-corrected chi connectivity index (χ1v) is 6.89. The van der Waals surface area contributed by atoms with Gasteiger partial charge in [-0.2, -0.15) is 0 Å². The second-order valence-electron chi connectivity index (χ2n) is 4.91. The third-order valence-electron chi connectivity index (χ3n) is 3.40. The van der Waals surface area contributed by atoms with Crippen molar-refractivity contribution in [3.8, 4) is 0 Å². The minimum atomic E-state index is 0.158. The Kier molecular flexibility index (Phi) is 4.76. The Morgan fingerprint density at radius 3 is 2.78 bits per heavy atom. The van der Waals surface area contributed by atoms with Gasteiger partial charge in [0.1, 0.15) is 0 Å². The fraction of sp³-hybridized carbons (Fsp3) is 0.533. The lowest BCUT2D eigenvalue weighted by Crippen LogP contribution is -2.41. The van der Waals surface area contributed by atoms with Gasteiger partial charge in [-0.15, -0.1) is 0 Å². The molecule has 1 fully saturated rings. The fourth-order valence-electron chi connectivity index (χ4n) is 2.49. The van der Waals surface area contributed by atoms with Crippen LogP contribution in [-0.4, -0.2) is 36.5 Å². The van der Waals surface area contributed by atoms with Crippen molar-refractivity contribution in [1.82, 2.24) is 10.2 Å². The third kappa shape index (κ3) is 3.33. The van der Waals surface area contributed by atoms with Crippen LogP contribution in [0.4, 0.5) is 0 Å². The third-order valence-corrected chi connectivity index (χ3v) is 3.40. The van der Waals surface area contributed by atoms with E-state index >= 15 is 0 Å². The van der Waals surface area contributed by atoms with Gasteiger partial charge in [0.05, 0.1) is 0 Å². The molecule has 0 spiro atoms. The van der Waals surface area contributed by atoms with E-state index in [9.17, 15) is 4.79 Å². The molecule has 1 aliphatic rings. The number of carbonyl (C=O) groups is 1. The first-order chi connectivity index (χ1) is 8.81. The topological polar surface area (TPSA) is 32.3 Å². The Hall–Kier alpha value is -1.35. The van der Waals surface area contributed by atoms with Gasteiger partial charge in [0.15, 0.2) is 0 Å². The van der Waals surface area contributed by atoms with Crippen molar-refractivity contribution in [2.75, 3.05) is 19.6 Å². The predicted octanol–water partition coefficient (Wildman–Crippen LogP) is 2.29. The molecule has 0 aromatic heterocycles. The molecular weight excluding hydrogens is 224 g/mol. The molecule has 1 aliphatic heterocycles. The van der Waals surface area contributed by atoms with E-state index in [4.69, 9.17) is 0 Å². The highest BCUT2D eigenvalue weighted by molar-refractivity contribution is 5.94. The van der Waals surface area contributed by atoms with Crippen molar-refractivity contribution in [2.45, 2.75) is 32.2 Å². The maximum Gasteiger partial charge on any atom is 0.253 e. The van der Waals surface area contributed by atoms with Crippen LogP contribution in [0, 0.1) is 0 Å². The zero-order valence-corrected chi connectivity index (χ0v) is 11.1. The Bertz CT molecular complexity index is 371. The van der Waals surface area contributed by atoms with E-state index in [0.29, 0.717) is 6.04 Å². The SMILES string of the molecule is CCCN(CC1CCCN1)C(=O)c1ccccc1. The molecule has 3 heteroatoms. The van der Waals surface area contributed by atoms with E-state index in [1.165, 1.54) is 12.8 Å². The summed E-state index contributed by atoms with van der Waals surface area (Å²) in [6.07, 6.45) is 3.41. The van der Waals surface area contributed by atoms with Crippen LogP contribution < -0.4 is 5.32 Å². The van der Waals surface area contributed by atoms with Crippen LogP contribution in [0.5, 0.6) is 0 Å². The number of rotatable bonds is 5. The molecule has 1 saturated heterocycles. The molecule has 18 heavy (non-hydrogen) atoms. The van der Waals surface area contributed by atoms with Crippen molar-refractivity contribution >= 4 is 5.91 Å². The quantitative estimate of drug-likeness (QED) is 0.864. The molecule has 1 N–H and O–H groups in total. The van der Waals surface area contributed by atoms with Crippen LogP contribution in [0.3, 0.4) is 0 Å². The lowest BCUT2D eigenvalue weighted by atomic mass is 10.1. The van der Waals surface area contributed by atoms with Crippen LogP contribution >= 0.6 is 0 Å². The van der Waals surface area contributed by atoms with Crippen LogP contribution in [0.15, 0.2) is 30.3 Å². The molecule has 0 aliphatic carbocycles. The summed E-state index contributed by atoms with van der Waals surface area (Å²) in [6, 6.07) is 10.1. The monoisotopic (exact) mass is 246 g/mol. The van der Waals surface area contributed by atoms with Crippen molar-refractivity contribution in [2.24, 2.45) is 0 Å². The van der Waals surface area contributed by atoms with E-state index < -0.39 is 0 Å². The molecule has 0 bridgehead atoms.